The van der Waals surface area contributed by atoms with Crippen molar-refractivity contribution in [1.82, 2.24) is 33.9 Å². The molecule has 6 rings (SSSR count). The summed E-state index contributed by atoms with van der Waals surface area (Å²) in [6.07, 6.45) is 0.324. The Morgan fingerprint density at radius 2 is 1.98 bits per heavy atom. The van der Waals surface area contributed by atoms with E-state index in [0.29, 0.717) is 40.4 Å². The first kappa shape index (κ1) is 32.6. The van der Waals surface area contributed by atoms with Gasteiger partial charge in [0.2, 0.25) is 5.91 Å². The maximum atomic E-state index is 13.3. The summed E-state index contributed by atoms with van der Waals surface area (Å²) in [4.78, 5) is 39.9. The average molecular weight is 674 g/mol. The molecule has 0 bridgehead atoms. The van der Waals surface area contributed by atoms with Gasteiger partial charge in [-0.05, 0) is 45.7 Å². The Bertz CT molecular complexity index is 1850. The van der Waals surface area contributed by atoms with Crippen LogP contribution in [0.25, 0.3) is 16.8 Å². The van der Waals surface area contributed by atoms with Crippen LogP contribution in [-0.2, 0) is 18.0 Å². The van der Waals surface area contributed by atoms with Gasteiger partial charge in [0.05, 0.1) is 23.7 Å². The number of hydrogen-bond donors (Lipinski definition) is 2. The molecule has 2 atom stereocenters. The SMILES string of the molecule is CCOc1cc(C(=O)Nc2cc(C(F)(F)F)n(C)n2)cc(Cl)c1-c1nc([C@@H]2CC[C@H]3CN(C(C)C)CC(=O)N3C2)n2ccnc(N)c12. The molecule has 47 heavy (non-hydrogen) atoms. The van der Waals surface area contributed by atoms with E-state index < -0.39 is 17.8 Å². The molecule has 3 aromatic heterocycles. The normalized spacial score (nSPS) is 19.0. The lowest BCUT2D eigenvalue weighted by molar-refractivity contribution is -0.144. The van der Waals surface area contributed by atoms with Gasteiger partial charge in [-0.1, -0.05) is 11.6 Å². The number of benzene rings is 1. The fourth-order valence-electron chi connectivity index (χ4n) is 6.47. The fraction of sp³-hybridized carbons (Fsp3) is 0.452. The number of imidazole rings is 1. The van der Waals surface area contributed by atoms with Crippen LogP contribution >= 0.6 is 11.6 Å². The second-order valence-corrected chi connectivity index (χ2v) is 12.5. The monoisotopic (exact) mass is 673 g/mol. The summed E-state index contributed by atoms with van der Waals surface area (Å²) in [5.41, 5.74) is 6.70. The minimum absolute atomic E-state index is 0.0358. The van der Waals surface area contributed by atoms with Gasteiger partial charge in [-0.2, -0.15) is 18.3 Å². The Balaban J connectivity index is 1.36. The van der Waals surface area contributed by atoms with Crippen LogP contribution in [0.5, 0.6) is 5.75 Å². The summed E-state index contributed by atoms with van der Waals surface area (Å²) in [7, 11) is 1.14. The predicted octanol–water partition coefficient (Wildman–Crippen LogP) is 4.83. The van der Waals surface area contributed by atoms with Crippen LogP contribution in [0.3, 0.4) is 0 Å². The Morgan fingerprint density at radius 3 is 2.66 bits per heavy atom. The van der Waals surface area contributed by atoms with Crippen molar-refractivity contribution in [2.75, 3.05) is 37.3 Å². The third-order valence-electron chi connectivity index (χ3n) is 8.78. The minimum atomic E-state index is -4.64. The smallest absolute Gasteiger partial charge is 0.433 e. The van der Waals surface area contributed by atoms with Gasteiger partial charge >= 0.3 is 6.18 Å². The predicted molar refractivity (Wildman–Crippen MR) is 169 cm³/mol. The first-order chi connectivity index (χ1) is 22.3. The van der Waals surface area contributed by atoms with E-state index in [1.807, 2.05) is 9.30 Å². The number of ether oxygens (including phenoxy) is 1. The summed E-state index contributed by atoms with van der Waals surface area (Å²) in [6, 6.07) is 4.00. The van der Waals surface area contributed by atoms with Gasteiger partial charge in [0.25, 0.3) is 5.91 Å². The maximum absolute atomic E-state index is 13.3. The number of hydrogen-bond acceptors (Lipinski definition) is 8. The molecular weight excluding hydrogens is 639 g/mol. The lowest BCUT2D eigenvalue weighted by Crippen LogP contribution is -2.60. The lowest BCUT2D eigenvalue weighted by Gasteiger charge is -2.46. The van der Waals surface area contributed by atoms with Crippen LogP contribution in [-0.4, -0.2) is 84.1 Å². The van der Waals surface area contributed by atoms with Crippen molar-refractivity contribution in [3.63, 3.8) is 0 Å². The van der Waals surface area contributed by atoms with E-state index in [0.717, 1.165) is 32.5 Å². The maximum Gasteiger partial charge on any atom is 0.433 e. The molecule has 0 spiro atoms. The van der Waals surface area contributed by atoms with E-state index in [1.54, 1.807) is 19.3 Å². The van der Waals surface area contributed by atoms with Crippen LogP contribution in [0.4, 0.5) is 24.8 Å². The molecular formula is C31H35ClF3N9O3. The van der Waals surface area contributed by atoms with Gasteiger partial charge in [-0.3, -0.25) is 23.6 Å². The fourth-order valence-corrected chi connectivity index (χ4v) is 6.77. The first-order valence-corrected chi connectivity index (χ1v) is 15.7. The molecule has 0 radical (unpaired) electrons. The second kappa shape index (κ2) is 12.3. The Labute approximate surface area is 273 Å². The van der Waals surface area contributed by atoms with Crippen molar-refractivity contribution in [2.24, 2.45) is 7.05 Å². The van der Waals surface area contributed by atoms with Crippen molar-refractivity contribution in [2.45, 2.75) is 57.8 Å². The van der Waals surface area contributed by atoms with Gasteiger partial charge < -0.3 is 20.7 Å². The molecule has 2 aliphatic heterocycles. The number of aryl methyl sites for hydroxylation is 1. The van der Waals surface area contributed by atoms with Gasteiger partial charge in [0, 0.05) is 62.2 Å². The summed E-state index contributed by atoms with van der Waals surface area (Å²) >= 11 is 6.84. The molecule has 2 aliphatic rings. The molecule has 0 unspecified atom stereocenters. The van der Waals surface area contributed by atoms with Crippen LogP contribution in [0.1, 0.15) is 61.4 Å². The molecule has 16 heteroatoms. The number of carbonyl (C=O) groups is 2. The van der Waals surface area contributed by atoms with Crippen LogP contribution in [0, 0.1) is 0 Å². The molecule has 3 N–H and O–H groups in total. The van der Waals surface area contributed by atoms with E-state index in [1.165, 1.54) is 12.1 Å². The Hall–Kier alpha value is -4.37. The zero-order chi connectivity index (χ0) is 33.8. The van der Waals surface area contributed by atoms with Crippen molar-refractivity contribution >= 4 is 40.6 Å². The van der Waals surface area contributed by atoms with Gasteiger partial charge in [-0.15, -0.1) is 0 Å². The number of piperazine rings is 1. The van der Waals surface area contributed by atoms with E-state index in [4.69, 9.17) is 27.1 Å². The minimum Gasteiger partial charge on any atom is -0.493 e. The molecule has 250 valence electrons. The summed E-state index contributed by atoms with van der Waals surface area (Å²) < 4.78 is 48.2. The van der Waals surface area contributed by atoms with Crippen molar-refractivity contribution < 1.29 is 27.5 Å². The number of nitrogen functional groups attached to an aromatic ring is 1. The number of halogens is 4. The second-order valence-electron chi connectivity index (χ2n) is 12.1. The van der Waals surface area contributed by atoms with Crippen molar-refractivity contribution in [3.05, 3.63) is 52.7 Å². The van der Waals surface area contributed by atoms with Crippen LogP contribution in [0.2, 0.25) is 5.02 Å². The van der Waals surface area contributed by atoms with E-state index in [2.05, 4.69) is 34.1 Å². The molecule has 2 saturated heterocycles. The highest BCUT2D eigenvalue weighted by atomic mass is 35.5. The largest absolute Gasteiger partial charge is 0.493 e. The van der Waals surface area contributed by atoms with Gasteiger partial charge in [-0.25, -0.2) is 9.97 Å². The average Bonchev–Trinajstić information content (AvgIpc) is 3.58. The number of carbonyl (C=O) groups excluding carboxylic acids is 2. The molecule has 4 aromatic rings. The number of rotatable bonds is 7. The molecule has 2 fully saturated rings. The number of amides is 2. The Morgan fingerprint density at radius 1 is 1.21 bits per heavy atom. The zero-order valence-electron chi connectivity index (χ0n) is 26.3. The third kappa shape index (κ3) is 6.09. The first-order valence-electron chi connectivity index (χ1n) is 15.3. The number of aromatic nitrogens is 5. The zero-order valence-corrected chi connectivity index (χ0v) is 27.1. The van der Waals surface area contributed by atoms with Gasteiger partial charge in [0.15, 0.2) is 5.82 Å². The quantitative estimate of drug-likeness (QED) is 0.285. The summed E-state index contributed by atoms with van der Waals surface area (Å²) in [5, 5.41) is 6.27. The molecule has 0 aliphatic carbocycles. The summed E-state index contributed by atoms with van der Waals surface area (Å²) in [5.74, 6) is 0.110. The van der Waals surface area contributed by atoms with Crippen molar-refractivity contribution in [3.8, 4) is 17.0 Å². The number of nitrogens with two attached hydrogens (primary N) is 1. The van der Waals surface area contributed by atoms with Gasteiger partial charge in [0.1, 0.15) is 34.3 Å². The number of piperidine rings is 1. The highest BCUT2D eigenvalue weighted by molar-refractivity contribution is 6.34. The van der Waals surface area contributed by atoms with E-state index >= 15 is 0 Å². The molecule has 2 amide bonds. The van der Waals surface area contributed by atoms with E-state index in [9.17, 15) is 22.8 Å². The lowest BCUT2D eigenvalue weighted by atomic mass is 9.90. The molecule has 1 aromatic carbocycles. The standard InChI is InChI=1S/C31H35ClF3N9O3/c1-5-47-21-11-18(30(46)38-23-12-22(31(33,34)35)41(4)40-23)10-20(32)25(21)26-27-28(36)37-8-9-43(27)29(39-26)17-6-7-19-14-42(16(2)3)15-24(45)44(19)13-17/h8-12,16-17,19H,5-7,13-15H2,1-4H3,(H2,36,37)(H,38,40,46)/t17-,19+/m1/s1. The number of anilines is 2. The van der Waals surface area contributed by atoms with E-state index in [-0.39, 0.29) is 58.5 Å². The topological polar surface area (TPSA) is 136 Å². The molecule has 0 saturated carbocycles. The number of fused-ring (bicyclic) bond motifs is 2. The van der Waals surface area contributed by atoms with Crippen LogP contribution < -0.4 is 15.8 Å². The third-order valence-corrected chi connectivity index (χ3v) is 9.08. The number of alkyl halides is 3. The molecule has 5 heterocycles. The van der Waals surface area contributed by atoms with Crippen LogP contribution in [0.15, 0.2) is 30.6 Å². The van der Waals surface area contributed by atoms with Crippen molar-refractivity contribution in [1.29, 1.82) is 0 Å². The number of nitrogens with one attached hydrogen (secondary N) is 1. The highest BCUT2D eigenvalue weighted by Gasteiger charge is 2.40. The highest BCUT2D eigenvalue weighted by Crippen LogP contribution is 2.43. The molecule has 12 nitrogen and oxygen atoms in total. The Kier molecular flexibility index (Phi) is 8.55. The number of nitrogens with zero attached hydrogens (tertiary/aromatic N) is 7. The summed E-state index contributed by atoms with van der Waals surface area (Å²) in [6.45, 7) is 7.88.